The van der Waals surface area contributed by atoms with E-state index >= 15 is 0 Å². The second kappa shape index (κ2) is 10.4. The number of halogens is 3. The lowest BCUT2D eigenvalue weighted by atomic mass is 9.84. The number of benzene rings is 1. The summed E-state index contributed by atoms with van der Waals surface area (Å²) in [4.78, 5) is 30.3. The molecule has 2 aromatic rings. The topological polar surface area (TPSA) is 91.1 Å². The summed E-state index contributed by atoms with van der Waals surface area (Å²) in [6, 6.07) is 5.20. The number of alkyl halides is 3. The van der Waals surface area contributed by atoms with Crippen LogP contribution in [-0.4, -0.2) is 87.7 Å². The zero-order valence-corrected chi connectivity index (χ0v) is 22.3. The van der Waals surface area contributed by atoms with Crippen molar-refractivity contribution in [2.45, 2.75) is 62.8 Å². The number of likely N-dealkylation sites (tertiary alicyclic amines) is 2. The van der Waals surface area contributed by atoms with Crippen molar-refractivity contribution >= 4 is 17.7 Å². The molecule has 216 valence electrons. The summed E-state index contributed by atoms with van der Waals surface area (Å²) in [6.45, 7) is 4.31. The van der Waals surface area contributed by atoms with Crippen molar-refractivity contribution in [2.24, 2.45) is 5.92 Å². The van der Waals surface area contributed by atoms with Gasteiger partial charge in [-0.3, -0.25) is 4.90 Å². The molecule has 40 heavy (non-hydrogen) atoms. The van der Waals surface area contributed by atoms with Crippen LogP contribution in [-0.2, 0) is 17.5 Å². The fraction of sp³-hybridized carbons (Fsp3) is 0.607. The van der Waals surface area contributed by atoms with Gasteiger partial charge in [0.15, 0.2) is 5.69 Å². The fourth-order valence-electron chi connectivity index (χ4n) is 7.04. The zero-order chi connectivity index (χ0) is 28.1. The summed E-state index contributed by atoms with van der Waals surface area (Å²) >= 11 is 0. The minimum Gasteiger partial charge on any atom is -0.476 e. The molecular formula is C28H34F3N5O4. The number of hydrogen-bond acceptors (Lipinski definition) is 6. The van der Waals surface area contributed by atoms with Gasteiger partial charge in [0.1, 0.15) is 0 Å². The first-order valence-corrected chi connectivity index (χ1v) is 14.0. The molecule has 1 amide bonds. The van der Waals surface area contributed by atoms with Gasteiger partial charge in [-0.2, -0.15) is 23.0 Å². The largest absolute Gasteiger partial charge is 0.476 e. The molecule has 1 aromatic heterocycles. The molecule has 12 heteroatoms. The van der Waals surface area contributed by atoms with Crippen LogP contribution in [0.3, 0.4) is 0 Å². The number of ether oxygens (including phenoxy) is 1. The van der Waals surface area contributed by atoms with E-state index in [0.29, 0.717) is 51.0 Å². The average Bonchev–Trinajstić information content (AvgIpc) is 3.44. The van der Waals surface area contributed by atoms with Crippen LogP contribution in [0.2, 0.25) is 0 Å². The molecule has 5 fully saturated rings. The summed E-state index contributed by atoms with van der Waals surface area (Å²) < 4.78 is 48.2. The van der Waals surface area contributed by atoms with Crippen molar-refractivity contribution in [2.75, 3.05) is 44.3 Å². The second-order valence-corrected chi connectivity index (χ2v) is 11.6. The van der Waals surface area contributed by atoms with Crippen LogP contribution in [0.1, 0.15) is 60.1 Å². The van der Waals surface area contributed by atoms with Crippen molar-refractivity contribution in [3.05, 3.63) is 47.3 Å². The van der Waals surface area contributed by atoms with E-state index in [4.69, 9.17) is 9.84 Å². The van der Waals surface area contributed by atoms with E-state index in [1.807, 2.05) is 0 Å². The van der Waals surface area contributed by atoms with Crippen LogP contribution in [0.5, 0.6) is 0 Å². The Bertz CT molecular complexity index is 1270. The summed E-state index contributed by atoms with van der Waals surface area (Å²) in [5.41, 5.74) is 0.629. The number of piperidine rings is 2. The highest BCUT2D eigenvalue weighted by molar-refractivity contribution is 5.86. The predicted molar refractivity (Wildman–Crippen MR) is 139 cm³/mol. The van der Waals surface area contributed by atoms with E-state index in [0.717, 1.165) is 55.3 Å². The molecule has 1 aromatic carbocycles. The standard InChI is InChI=1S/C28H34F3N5O4/c29-28(30,31)21-4-3-20(24(14-21)35-15-19-2-5-22(35)18-40-17-19)16-34-10-1-7-27(34)8-12-33(13-9-27)26(39)36-11-6-23(32-36)25(37)38/h3-4,6,11,14,19,22H,1-2,5,7-10,12-13,15-18H2,(H,37,38). The van der Waals surface area contributed by atoms with E-state index in [1.54, 1.807) is 11.0 Å². The number of carbonyl (C=O) groups excluding carboxylic acids is 1. The number of fused-ring (bicyclic) bond motifs is 4. The van der Waals surface area contributed by atoms with E-state index in [-0.39, 0.29) is 23.3 Å². The summed E-state index contributed by atoms with van der Waals surface area (Å²) in [5.74, 6) is -0.864. The molecule has 2 atom stereocenters. The number of hydrogen-bond donors (Lipinski definition) is 1. The van der Waals surface area contributed by atoms with Gasteiger partial charge in [0, 0.05) is 43.6 Å². The van der Waals surface area contributed by atoms with Crippen LogP contribution in [0.15, 0.2) is 30.5 Å². The highest BCUT2D eigenvalue weighted by atomic mass is 19.4. The van der Waals surface area contributed by atoms with E-state index in [2.05, 4.69) is 14.9 Å². The maximum atomic E-state index is 13.8. The predicted octanol–water partition coefficient (Wildman–Crippen LogP) is 4.31. The average molecular weight is 562 g/mol. The molecule has 2 bridgehead atoms. The minimum absolute atomic E-state index is 0.0757. The fourth-order valence-corrected chi connectivity index (χ4v) is 7.04. The van der Waals surface area contributed by atoms with Crippen molar-refractivity contribution < 1.29 is 32.6 Å². The first-order valence-electron chi connectivity index (χ1n) is 14.0. The van der Waals surface area contributed by atoms with Crippen molar-refractivity contribution in [3.8, 4) is 0 Å². The molecule has 2 unspecified atom stereocenters. The maximum absolute atomic E-state index is 13.8. The number of rotatable bonds is 4. The number of aromatic carboxylic acids is 1. The molecule has 1 N–H and O–H groups in total. The molecule has 7 rings (SSSR count). The van der Waals surface area contributed by atoms with E-state index in [9.17, 15) is 22.8 Å². The third-order valence-corrected chi connectivity index (χ3v) is 9.26. The Morgan fingerprint density at radius 3 is 2.60 bits per heavy atom. The lowest BCUT2D eigenvalue weighted by molar-refractivity contribution is -0.137. The van der Waals surface area contributed by atoms with Crippen LogP contribution >= 0.6 is 0 Å². The van der Waals surface area contributed by atoms with Gasteiger partial charge < -0.3 is 19.6 Å². The van der Waals surface area contributed by atoms with Crippen molar-refractivity contribution in [1.82, 2.24) is 19.6 Å². The van der Waals surface area contributed by atoms with Crippen molar-refractivity contribution in [1.29, 1.82) is 0 Å². The molecule has 5 saturated heterocycles. The van der Waals surface area contributed by atoms with Gasteiger partial charge >= 0.3 is 18.2 Å². The van der Waals surface area contributed by atoms with Crippen LogP contribution < -0.4 is 4.90 Å². The number of amides is 1. The molecule has 1 spiro atoms. The Morgan fingerprint density at radius 1 is 1.07 bits per heavy atom. The molecule has 0 saturated carbocycles. The highest BCUT2D eigenvalue weighted by Crippen LogP contribution is 2.42. The van der Waals surface area contributed by atoms with E-state index < -0.39 is 17.7 Å². The lowest BCUT2D eigenvalue weighted by Crippen LogP contribution is -2.53. The summed E-state index contributed by atoms with van der Waals surface area (Å²) in [5, 5.41) is 13.0. The number of carbonyl (C=O) groups is 2. The van der Waals surface area contributed by atoms with Crippen LogP contribution in [0, 0.1) is 5.92 Å². The van der Waals surface area contributed by atoms with Gasteiger partial charge in [0.05, 0.1) is 24.8 Å². The summed E-state index contributed by atoms with van der Waals surface area (Å²) in [6.07, 6.45) is 2.35. The van der Waals surface area contributed by atoms with Crippen molar-refractivity contribution in [3.63, 3.8) is 0 Å². The third kappa shape index (κ3) is 5.07. The zero-order valence-electron chi connectivity index (χ0n) is 22.3. The molecule has 9 nitrogen and oxygen atoms in total. The summed E-state index contributed by atoms with van der Waals surface area (Å²) in [7, 11) is 0. The monoisotopic (exact) mass is 561 g/mol. The number of carboxylic acids is 1. The molecule has 0 radical (unpaired) electrons. The third-order valence-electron chi connectivity index (χ3n) is 9.26. The number of anilines is 1. The lowest BCUT2D eigenvalue weighted by Gasteiger charge is -2.45. The number of nitrogens with zero attached hydrogens (tertiary/aromatic N) is 5. The first kappa shape index (κ1) is 27.1. The highest BCUT2D eigenvalue weighted by Gasteiger charge is 2.45. The first-order chi connectivity index (χ1) is 19.1. The Balaban J connectivity index is 1.21. The number of carboxylic acid groups (broad SMARTS) is 1. The second-order valence-electron chi connectivity index (χ2n) is 11.6. The Kier molecular flexibility index (Phi) is 7.02. The molecular weight excluding hydrogens is 527 g/mol. The number of aromatic nitrogens is 2. The Labute approximate surface area is 230 Å². The smallest absolute Gasteiger partial charge is 0.416 e. The normalized spacial score (nSPS) is 25.0. The Morgan fingerprint density at radius 2 is 1.88 bits per heavy atom. The minimum atomic E-state index is -4.41. The van der Waals surface area contributed by atoms with Gasteiger partial charge in [-0.05, 0) is 74.8 Å². The van der Waals surface area contributed by atoms with Gasteiger partial charge in [-0.15, -0.1) is 0 Å². The molecule has 5 aliphatic heterocycles. The maximum Gasteiger partial charge on any atom is 0.416 e. The van der Waals surface area contributed by atoms with Gasteiger partial charge in [0.25, 0.3) is 0 Å². The molecule has 6 heterocycles. The quantitative estimate of drug-likeness (QED) is 0.595. The van der Waals surface area contributed by atoms with Gasteiger partial charge in [-0.25, -0.2) is 9.59 Å². The SMILES string of the molecule is O=C(O)c1ccn(C(=O)N2CCC3(CCCN3Cc3ccc(C(F)(F)F)cc3N3CC4CCC3COC4)CC2)n1. The van der Waals surface area contributed by atoms with Gasteiger partial charge in [0.2, 0.25) is 0 Å². The van der Waals surface area contributed by atoms with Gasteiger partial charge in [-0.1, -0.05) is 6.07 Å². The van der Waals surface area contributed by atoms with E-state index in [1.165, 1.54) is 24.4 Å². The molecule has 0 aliphatic carbocycles. The van der Waals surface area contributed by atoms with Crippen LogP contribution in [0.25, 0.3) is 0 Å². The molecule has 5 aliphatic rings. The van der Waals surface area contributed by atoms with Crippen LogP contribution in [0.4, 0.5) is 23.7 Å². The Hall–Kier alpha value is -3.12.